The van der Waals surface area contributed by atoms with E-state index in [0.717, 1.165) is 24.0 Å². The minimum absolute atomic E-state index is 0.0108. The lowest BCUT2D eigenvalue weighted by Crippen LogP contribution is -2.27. The van der Waals surface area contributed by atoms with E-state index in [-0.39, 0.29) is 11.9 Å². The number of hydrogen-bond acceptors (Lipinski definition) is 4. The number of hydrogen-bond donors (Lipinski definition) is 1. The van der Waals surface area contributed by atoms with Crippen molar-refractivity contribution in [2.75, 3.05) is 14.2 Å². The van der Waals surface area contributed by atoms with E-state index in [9.17, 15) is 4.79 Å². The zero-order chi connectivity index (χ0) is 17.1. The average Bonchev–Trinajstić information content (AvgIpc) is 3.05. The smallest absolute Gasteiger partial charge is 0.252 e. The molecule has 5 heteroatoms. The maximum atomic E-state index is 12.7. The van der Waals surface area contributed by atoms with Crippen LogP contribution in [0.2, 0.25) is 0 Å². The fourth-order valence-electron chi connectivity index (χ4n) is 3.16. The predicted molar refractivity (Wildman–Crippen MR) is 96.4 cm³/mol. The molecule has 0 saturated heterocycles. The molecule has 1 aliphatic carbocycles. The largest absolute Gasteiger partial charge is 0.493 e. The molecule has 2 aromatic rings. The summed E-state index contributed by atoms with van der Waals surface area (Å²) in [5.41, 5.74) is 3.09. The first-order valence-electron chi connectivity index (χ1n) is 8.26. The first-order chi connectivity index (χ1) is 11.6. The van der Waals surface area contributed by atoms with Crippen molar-refractivity contribution < 1.29 is 14.3 Å². The van der Waals surface area contributed by atoms with Crippen LogP contribution in [0.3, 0.4) is 0 Å². The van der Waals surface area contributed by atoms with Gasteiger partial charge in [-0.1, -0.05) is 6.07 Å². The minimum atomic E-state index is -0.101. The molecule has 0 fully saturated rings. The van der Waals surface area contributed by atoms with Gasteiger partial charge in [-0.05, 0) is 55.9 Å². The molecule has 0 spiro atoms. The van der Waals surface area contributed by atoms with Crippen LogP contribution in [0.1, 0.15) is 52.2 Å². The van der Waals surface area contributed by atoms with Gasteiger partial charge in [-0.3, -0.25) is 4.79 Å². The van der Waals surface area contributed by atoms with Gasteiger partial charge in [0.25, 0.3) is 5.91 Å². The Balaban J connectivity index is 1.76. The molecular weight excluding hydrogens is 322 g/mol. The van der Waals surface area contributed by atoms with Crippen LogP contribution < -0.4 is 14.8 Å². The summed E-state index contributed by atoms with van der Waals surface area (Å²) >= 11 is 1.72. The minimum Gasteiger partial charge on any atom is -0.493 e. The highest BCUT2D eigenvalue weighted by Crippen LogP contribution is 2.32. The molecule has 0 saturated carbocycles. The lowest BCUT2D eigenvalue weighted by atomic mass is 9.95. The van der Waals surface area contributed by atoms with Crippen molar-refractivity contribution in [3.05, 3.63) is 45.1 Å². The van der Waals surface area contributed by atoms with E-state index in [1.54, 1.807) is 25.6 Å². The summed E-state index contributed by atoms with van der Waals surface area (Å²) in [6.07, 6.45) is 4.54. The molecule has 0 unspecified atom stereocenters. The Kier molecular flexibility index (Phi) is 5.09. The summed E-state index contributed by atoms with van der Waals surface area (Å²) in [6, 6.07) is 5.63. The Morgan fingerprint density at radius 1 is 1.17 bits per heavy atom. The summed E-state index contributed by atoms with van der Waals surface area (Å²) in [7, 11) is 3.23. The molecule has 1 aromatic carbocycles. The van der Waals surface area contributed by atoms with Crippen molar-refractivity contribution in [3.8, 4) is 11.5 Å². The van der Waals surface area contributed by atoms with Gasteiger partial charge < -0.3 is 14.8 Å². The number of methoxy groups -OCH3 is 2. The number of rotatable bonds is 5. The van der Waals surface area contributed by atoms with Crippen LogP contribution in [0, 0.1) is 0 Å². The highest BCUT2D eigenvalue weighted by atomic mass is 32.1. The van der Waals surface area contributed by atoms with Gasteiger partial charge in [-0.15, -0.1) is 11.3 Å². The number of fused-ring (bicyclic) bond motifs is 1. The lowest BCUT2D eigenvalue weighted by Gasteiger charge is -2.18. The highest BCUT2D eigenvalue weighted by molar-refractivity contribution is 7.10. The molecule has 1 aromatic heterocycles. The number of carbonyl (C=O) groups is 1. The molecule has 4 nitrogen and oxygen atoms in total. The van der Waals surface area contributed by atoms with Gasteiger partial charge in [-0.25, -0.2) is 0 Å². The van der Waals surface area contributed by atoms with Crippen LogP contribution in [-0.2, 0) is 12.8 Å². The number of ether oxygens (including phenoxy) is 2. The van der Waals surface area contributed by atoms with E-state index < -0.39 is 0 Å². The molecular formula is C19H23NO3S. The number of thiophene rings is 1. The fourth-order valence-corrected chi connectivity index (χ4v) is 4.29. The second kappa shape index (κ2) is 7.26. The normalized spacial score (nSPS) is 14.6. The van der Waals surface area contributed by atoms with Gasteiger partial charge in [0, 0.05) is 10.3 Å². The van der Waals surface area contributed by atoms with Crippen molar-refractivity contribution in [1.29, 1.82) is 0 Å². The fraction of sp³-hybridized carbons (Fsp3) is 0.421. The van der Waals surface area contributed by atoms with Gasteiger partial charge in [0.15, 0.2) is 11.5 Å². The number of carbonyl (C=O) groups excluding carboxylic acids is 1. The Morgan fingerprint density at radius 2 is 1.92 bits per heavy atom. The van der Waals surface area contributed by atoms with E-state index in [1.165, 1.54) is 23.3 Å². The predicted octanol–water partition coefficient (Wildman–Crippen LogP) is 4.14. The van der Waals surface area contributed by atoms with E-state index in [4.69, 9.17) is 9.47 Å². The molecule has 128 valence electrons. The van der Waals surface area contributed by atoms with Gasteiger partial charge in [-0.2, -0.15) is 0 Å². The second-order valence-electron chi connectivity index (χ2n) is 6.07. The van der Waals surface area contributed by atoms with Gasteiger partial charge in [0.2, 0.25) is 0 Å². The monoisotopic (exact) mass is 345 g/mol. The van der Waals surface area contributed by atoms with Crippen LogP contribution in [0.25, 0.3) is 0 Å². The third-order valence-electron chi connectivity index (χ3n) is 4.56. The Bertz CT molecular complexity index is 738. The van der Waals surface area contributed by atoms with Crippen LogP contribution >= 0.6 is 11.3 Å². The van der Waals surface area contributed by atoms with Crippen molar-refractivity contribution in [2.45, 2.75) is 38.6 Å². The molecule has 0 aliphatic heterocycles. The Hall–Kier alpha value is -2.01. The molecule has 0 bridgehead atoms. The topological polar surface area (TPSA) is 47.6 Å². The van der Waals surface area contributed by atoms with Crippen LogP contribution in [0.5, 0.6) is 11.5 Å². The van der Waals surface area contributed by atoms with E-state index in [0.29, 0.717) is 11.5 Å². The van der Waals surface area contributed by atoms with Crippen molar-refractivity contribution >= 4 is 17.2 Å². The van der Waals surface area contributed by atoms with E-state index in [2.05, 4.69) is 5.32 Å². The molecule has 3 rings (SSSR count). The number of aryl methyl sites for hydroxylation is 1. The van der Waals surface area contributed by atoms with E-state index >= 15 is 0 Å². The van der Waals surface area contributed by atoms with Gasteiger partial charge in [0.05, 0.1) is 25.8 Å². The SMILES string of the molecule is COc1ccc([C@H](C)NC(=O)c2csc3c2CCCC3)cc1OC. The van der Waals surface area contributed by atoms with Crippen LogP contribution in [-0.4, -0.2) is 20.1 Å². The number of amides is 1. The van der Waals surface area contributed by atoms with Gasteiger partial charge >= 0.3 is 0 Å². The Labute approximate surface area is 146 Å². The molecule has 0 radical (unpaired) electrons. The number of nitrogens with one attached hydrogen (secondary N) is 1. The first-order valence-corrected chi connectivity index (χ1v) is 9.14. The zero-order valence-corrected chi connectivity index (χ0v) is 15.2. The molecule has 1 heterocycles. The van der Waals surface area contributed by atoms with Crippen LogP contribution in [0.15, 0.2) is 23.6 Å². The van der Waals surface area contributed by atoms with Crippen molar-refractivity contribution in [3.63, 3.8) is 0 Å². The summed E-state index contributed by atoms with van der Waals surface area (Å²) in [4.78, 5) is 14.1. The lowest BCUT2D eigenvalue weighted by molar-refractivity contribution is 0.0939. The molecule has 1 N–H and O–H groups in total. The molecule has 24 heavy (non-hydrogen) atoms. The number of benzene rings is 1. The Morgan fingerprint density at radius 3 is 2.67 bits per heavy atom. The third-order valence-corrected chi connectivity index (χ3v) is 5.65. The highest BCUT2D eigenvalue weighted by Gasteiger charge is 2.21. The first kappa shape index (κ1) is 16.8. The summed E-state index contributed by atoms with van der Waals surface area (Å²) < 4.78 is 10.6. The molecule has 1 atom stereocenters. The van der Waals surface area contributed by atoms with Crippen molar-refractivity contribution in [2.24, 2.45) is 0 Å². The van der Waals surface area contributed by atoms with Gasteiger partial charge in [0.1, 0.15) is 0 Å². The van der Waals surface area contributed by atoms with E-state index in [1.807, 2.05) is 30.5 Å². The second-order valence-corrected chi connectivity index (χ2v) is 7.03. The summed E-state index contributed by atoms with van der Waals surface area (Å²) in [5.74, 6) is 1.37. The zero-order valence-electron chi connectivity index (χ0n) is 14.3. The van der Waals surface area contributed by atoms with Crippen molar-refractivity contribution in [1.82, 2.24) is 5.32 Å². The third kappa shape index (κ3) is 3.26. The maximum Gasteiger partial charge on any atom is 0.252 e. The molecule has 1 aliphatic rings. The van der Waals surface area contributed by atoms with Crippen LogP contribution in [0.4, 0.5) is 0 Å². The maximum absolute atomic E-state index is 12.7. The molecule has 1 amide bonds. The summed E-state index contributed by atoms with van der Waals surface area (Å²) in [6.45, 7) is 1.98. The quantitative estimate of drug-likeness (QED) is 0.886. The standard InChI is InChI=1S/C19H23NO3S/c1-12(13-8-9-16(22-2)17(10-13)23-3)20-19(21)15-11-24-18-7-5-4-6-14(15)18/h8-12H,4-7H2,1-3H3,(H,20,21)/t12-/m0/s1. The average molecular weight is 345 g/mol. The summed E-state index contributed by atoms with van der Waals surface area (Å²) in [5, 5.41) is 5.12.